The molecule has 0 heterocycles. The van der Waals surface area contributed by atoms with Gasteiger partial charge in [-0.2, -0.15) is 5.26 Å². The summed E-state index contributed by atoms with van der Waals surface area (Å²) < 4.78 is 6.31. The maximum Gasteiger partial charge on any atom is 0.186 e. The molecule has 1 aromatic rings. The van der Waals surface area contributed by atoms with E-state index < -0.39 is 13.9 Å². The van der Waals surface area contributed by atoms with Gasteiger partial charge in [0.25, 0.3) is 0 Å². The zero-order valence-corrected chi connectivity index (χ0v) is 13.6. The second-order valence-electron chi connectivity index (χ2n) is 7.08. The van der Waals surface area contributed by atoms with E-state index in [0.717, 1.165) is 18.4 Å². The van der Waals surface area contributed by atoms with Gasteiger partial charge in [0.2, 0.25) is 0 Å². The molecule has 0 saturated carbocycles. The molecule has 0 saturated heterocycles. The normalized spacial score (nSPS) is 25.5. The SMILES string of the molecule is CC1(C)CCC(C#N)(O[Si](C)(C)C)c2ccccc21. The molecular formula is C16H23NOSi. The van der Waals surface area contributed by atoms with Crippen molar-refractivity contribution in [3.63, 3.8) is 0 Å². The minimum atomic E-state index is -1.78. The second-order valence-corrected chi connectivity index (χ2v) is 11.5. The van der Waals surface area contributed by atoms with E-state index in [9.17, 15) is 5.26 Å². The van der Waals surface area contributed by atoms with Crippen molar-refractivity contribution in [1.29, 1.82) is 5.26 Å². The summed E-state index contributed by atoms with van der Waals surface area (Å²) in [7, 11) is -1.78. The van der Waals surface area contributed by atoms with Crippen molar-refractivity contribution in [2.45, 2.75) is 57.3 Å². The molecule has 0 N–H and O–H groups in total. The van der Waals surface area contributed by atoms with E-state index in [0.29, 0.717) is 0 Å². The number of hydrogen-bond donors (Lipinski definition) is 0. The smallest absolute Gasteiger partial charge is 0.186 e. The molecule has 0 aromatic heterocycles. The molecule has 0 bridgehead atoms. The zero-order chi connectivity index (χ0) is 14.3. The van der Waals surface area contributed by atoms with Crippen molar-refractivity contribution in [2.24, 2.45) is 0 Å². The molecule has 0 amide bonds. The minimum Gasteiger partial charge on any atom is -0.396 e. The maximum atomic E-state index is 9.77. The third-order valence-corrected chi connectivity index (χ3v) is 4.82. The van der Waals surface area contributed by atoms with Crippen LogP contribution in [-0.4, -0.2) is 8.32 Å². The van der Waals surface area contributed by atoms with Crippen LogP contribution in [0.25, 0.3) is 0 Å². The van der Waals surface area contributed by atoms with Gasteiger partial charge in [0.1, 0.15) is 6.07 Å². The van der Waals surface area contributed by atoms with Gasteiger partial charge in [0.15, 0.2) is 13.9 Å². The Morgan fingerprint density at radius 1 is 1.11 bits per heavy atom. The lowest BCUT2D eigenvalue weighted by atomic mass is 9.67. The lowest BCUT2D eigenvalue weighted by Crippen LogP contribution is -2.45. The van der Waals surface area contributed by atoms with Crippen molar-refractivity contribution in [2.75, 3.05) is 0 Å². The third-order valence-electron chi connectivity index (χ3n) is 3.85. The summed E-state index contributed by atoms with van der Waals surface area (Å²) in [6.45, 7) is 10.9. The summed E-state index contributed by atoms with van der Waals surface area (Å²) in [4.78, 5) is 0. The van der Waals surface area contributed by atoms with Gasteiger partial charge in [0, 0.05) is 5.56 Å². The predicted octanol–water partition coefficient (Wildman–Crippen LogP) is 4.33. The number of benzene rings is 1. The fourth-order valence-electron chi connectivity index (χ4n) is 2.95. The van der Waals surface area contributed by atoms with Crippen molar-refractivity contribution in [1.82, 2.24) is 0 Å². The first kappa shape index (κ1) is 14.3. The molecule has 0 fully saturated rings. The van der Waals surface area contributed by atoms with E-state index in [1.54, 1.807) is 0 Å². The number of rotatable bonds is 2. The van der Waals surface area contributed by atoms with Gasteiger partial charge in [0.05, 0.1) is 0 Å². The van der Waals surface area contributed by atoms with Crippen LogP contribution in [0.3, 0.4) is 0 Å². The van der Waals surface area contributed by atoms with Crippen LogP contribution in [-0.2, 0) is 15.4 Å². The monoisotopic (exact) mass is 273 g/mol. The third kappa shape index (κ3) is 2.61. The van der Waals surface area contributed by atoms with Gasteiger partial charge in [-0.1, -0.05) is 38.1 Å². The molecule has 2 rings (SSSR count). The Labute approximate surface area is 117 Å². The molecular weight excluding hydrogens is 250 g/mol. The van der Waals surface area contributed by atoms with Crippen LogP contribution in [0.2, 0.25) is 19.6 Å². The van der Waals surface area contributed by atoms with E-state index in [2.05, 4.69) is 57.8 Å². The Bertz CT molecular complexity index is 524. The number of hydrogen-bond acceptors (Lipinski definition) is 2. The molecule has 2 nitrogen and oxygen atoms in total. The van der Waals surface area contributed by atoms with Crippen LogP contribution in [0.15, 0.2) is 24.3 Å². The molecule has 0 spiro atoms. The second kappa shape index (κ2) is 4.47. The highest BCUT2D eigenvalue weighted by Crippen LogP contribution is 2.47. The molecule has 102 valence electrons. The Kier molecular flexibility index (Phi) is 3.36. The zero-order valence-electron chi connectivity index (χ0n) is 12.6. The standard InChI is InChI=1S/C16H23NOSi/c1-15(2)10-11-16(12-17,18-19(3,4)5)14-9-7-6-8-13(14)15/h6-9H,10-11H2,1-5H3. The minimum absolute atomic E-state index is 0.125. The number of nitrogens with zero attached hydrogens (tertiary/aromatic N) is 1. The Hall–Kier alpha value is -1.11. The quantitative estimate of drug-likeness (QED) is 0.751. The number of nitriles is 1. The fraction of sp³-hybridized carbons (Fsp3) is 0.562. The van der Waals surface area contributed by atoms with Crippen LogP contribution < -0.4 is 0 Å². The average Bonchev–Trinajstić information content (AvgIpc) is 2.32. The molecule has 1 aromatic carbocycles. The van der Waals surface area contributed by atoms with Gasteiger partial charge in [-0.05, 0) is 43.5 Å². The lowest BCUT2D eigenvalue weighted by Gasteiger charge is -2.44. The summed E-state index contributed by atoms with van der Waals surface area (Å²) in [6.07, 6.45) is 1.78. The first-order chi connectivity index (χ1) is 8.70. The highest BCUT2D eigenvalue weighted by molar-refractivity contribution is 6.69. The summed E-state index contributed by atoms with van der Waals surface area (Å²) in [5.41, 5.74) is 1.73. The average molecular weight is 273 g/mol. The van der Waals surface area contributed by atoms with E-state index in [-0.39, 0.29) is 5.41 Å². The van der Waals surface area contributed by atoms with Gasteiger partial charge in [-0.25, -0.2) is 0 Å². The highest BCUT2D eigenvalue weighted by Gasteiger charge is 2.46. The van der Waals surface area contributed by atoms with Crippen LogP contribution in [0.5, 0.6) is 0 Å². The largest absolute Gasteiger partial charge is 0.396 e. The molecule has 0 aliphatic heterocycles. The molecule has 3 heteroatoms. The lowest BCUT2D eigenvalue weighted by molar-refractivity contribution is 0.0845. The maximum absolute atomic E-state index is 9.77. The van der Waals surface area contributed by atoms with Crippen molar-refractivity contribution < 1.29 is 4.43 Å². The molecule has 0 radical (unpaired) electrons. The van der Waals surface area contributed by atoms with Crippen LogP contribution in [0, 0.1) is 11.3 Å². The van der Waals surface area contributed by atoms with E-state index in [1.807, 2.05) is 6.07 Å². The summed E-state index contributed by atoms with van der Waals surface area (Å²) in [6, 6.07) is 10.8. The first-order valence-electron chi connectivity index (χ1n) is 6.92. The summed E-state index contributed by atoms with van der Waals surface area (Å²) in [5, 5.41) is 9.77. The van der Waals surface area contributed by atoms with Gasteiger partial charge >= 0.3 is 0 Å². The van der Waals surface area contributed by atoms with Crippen molar-refractivity contribution >= 4 is 8.32 Å². The summed E-state index contributed by atoms with van der Waals surface area (Å²) >= 11 is 0. The van der Waals surface area contributed by atoms with Crippen LogP contribution >= 0.6 is 0 Å². The van der Waals surface area contributed by atoms with Crippen molar-refractivity contribution in [3.8, 4) is 6.07 Å². The van der Waals surface area contributed by atoms with Crippen LogP contribution in [0.4, 0.5) is 0 Å². The Balaban J connectivity index is 2.58. The van der Waals surface area contributed by atoms with Crippen molar-refractivity contribution in [3.05, 3.63) is 35.4 Å². The van der Waals surface area contributed by atoms with Gasteiger partial charge in [-0.3, -0.25) is 0 Å². The van der Waals surface area contributed by atoms with Gasteiger partial charge < -0.3 is 4.43 Å². The topological polar surface area (TPSA) is 33.0 Å². The Morgan fingerprint density at radius 2 is 1.68 bits per heavy atom. The van der Waals surface area contributed by atoms with E-state index in [4.69, 9.17) is 4.43 Å². The highest BCUT2D eigenvalue weighted by atomic mass is 28.4. The van der Waals surface area contributed by atoms with Gasteiger partial charge in [-0.15, -0.1) is 0 Å². The number of fused-ring (bicyclic) bond motifs is 1. The Morgan fingerprint density at radius 3 is 2.21 bits per heavy atom. The van der Waals surface area contributed by atoms with Crippen LogP contribution in [0.1, 0.15) is 37.8 Å². The van der Waals surface area contributed by atoms with E-state index >= 15 is 0 Å². The molecule has 19 heavy (non-hydrogen) atoms. The molecule has 1 atom stereocenters. The molecule has 1 aliphatic carbocycles. The first-order valence-corrected chi connectivity index (χ1v) is 10.3. The van der Waals surface area contributed by atoms with E-state index in [1.165, 1.54) is 5.56 Å². The summed E-state index contributed by atoms with van der Waals surface area (Å²) in [5.74, 6) is 0. The molecule has 1 aliphatic rings. The molecule has 1 unspecified atom stereocenters. The fourth-order valence-corrected chi connectivity index (χ4v) is 4.25. The predicted molar refractivity (Wildman–Crippen MR) is 80.4 cm³/mol.